The quantitative estimate of drug-likeness (QED) is 0.378. The lowest BCUT2D eigenvalue weighted by Gasteiger charge is -2.28. The number of rotatable bonds is 7. The van der Waals surface area contributed by atoms with E-state index in [2.05, 4.69) is 0 Å². The van der Waals surface area contributed by atoms with Crippen LogP contribution in [-0.4, -0.2) is 42.7 Å². The molecule has 2 atom stereocenters. The number of esters is 4. The van der Waals surface area contributed by atoms with E-state index in [1.165, 1.54) is 18.2 Å². The summed E-state index contributed by atoms with van der Waals surface area (Å²) in [5.41, 5.74) is 0.791. The molecular weight excluding hydrogens is 452 g/mol. The lowest BCUT2D eigenvalue weighted by molar-refractivity contribution is -0.158. The van der Waals surface area contributed by atoms with Crippen LogP contribution in [-0.2, 0) is 23.7 Å². The number of benzene rings is 3. The first-order valence-electron chi connectivity index (χ1n) is 10.7. The number of carbonyl (C=O) groups excluding carboxylic acids is 4. The van der Waals surface area contributed by atoms with Crippen molar-refractivity contribution in [2.75, 3.05) is 6.61 Å². The summed E-state index contributed by atoms with van der Waals surface area (Å²) >= 11 is 0. The Balaban J connectivity index is 1.52. The molecule has 0 amide bonds. The Morgan fingerprint density at radius 2 is 1.17 bits per heavy atom. The molecule has 0 aliphatic carbocycles. The van der Waals surface area contributed by atoms with Gasteiger partial charge in [-0.15, -0.1) is 0 Å². The molecule has 3 aromatic carbocycles. The minimum absolute atomic E-state index is 0.220. The molecule has 35 heavy (non-hydrogen) atoms. The zero-order chi connectivity index (χ0) is 24.6. The molecule has 0 unspecified atom stereocenters. The topological polar surface area (TPSA) is 105 Å². The van der Waals surface area contributed by atoms with Gasteiger partial charge in [0.25, 0.3) is 0 Å². The maximum Gasteiger partial charge on any atom is 0.374 e. The van der Waals surface area contributed by atoms with Crippen molar-refractivity contribution in [3.05, 3.63) is 120 Å². The number of cyclic esters (lactones) is 1. The Morgan fingerprint density at radius 1 is 0.686 bits per heavy atom. The number of hydrogen-bond donors (Lipinski definition) is 0. The van der Waals surface area contributed by atoms with E-state index in [0.717, 1.165) is 0 Å². The third-order valence-electron chi connectivity index (χ3n) is 4.99. The highest BCUT2D eigenvalue weighted by Crippen LogP contribution is 2.22. The van der Waals surface area contributed by atoms with Gasteiger partial charge in [-0.3, -0.25) is 0 Å². The van der Waals surface area contributed by atoms with Gasteiger partial charge in [0.1, 0.15) is 6.61 Å². The zero-order valence-corrected chi connectivity index (χ0v) is 18.4. The van der Waals surface area contributed by atoms with Gasteiger partial charge < -0.3 is 18.9 Å². The Bertz CT molecular complexity index is 1240. The molecule has 0 N–H and O–H groups in total. The first kappa shape index (κ1) is 23.4. The molecule has 8 heteroatoms. The first-order chi connectivity index (χ1) is 17.0. The molecule has 0 bridgehead atoms. The van der Waals surface area contributed by atoms with Gasteiger partial charge in [0, 0.05) is 6.08 Å². The fourth-order valence-corrected chi connectivity index (χ4v) is 3.22. The maximum absolute atomic E-state index is 12.6. The summed E-state index contributed by atoms with van der Waals surface area (Å²) in [6.45, 7) is -0.386. The number of carbonyl (C=O) groups is 4. The van der Waals surface area contributed by atoms with Crippen LogP contribution in [0.1, 0.15) is 31.1 Å². The van der Waals surface area contributed by atoms with Crippen LogP contribution in [0, 0.1) is 0 Å². The molecule has 0 aromatic heterocycles. The Labute approximate surface area is 200 Å². The molecule has 3 aromatic rings. The molecule has 0 radical (unpaired) electrons. The third kappa shape index (κ3) is 6.00. The van der Waals surface area contributed by atoms with Crippen molar-refractivity contribution in [2.45, 2.75) is 12.2 Å². The average molecular weight is 472 g/mol. The van der Waals surface area contributed by atoms with Crippen molar-refractivity contribution in [3.63, 3.8) is 0 Å². The predicted octanol–water partition coefficient (Wildman–Crippen LogP) is 3.74. The Morgan fingerprint density at radius 3 is 1.71 bits per heavy atom. The van der Waals surface area contributed by atoms with E-state index in [9.17, 15) is 19.2 Å². The zero-order valence-electron chi connectivity index (χ0n) is 18.4. The predicted molar refractivity (Wildman–Crippen MR) is 122 cm³/mol. The largest absolute Gasteiger partial charge is 0.458 e. The highest BCUT2D eigenvalue weighted by Gasteiger charge is 2.37. The lowest BCUT2D eigenvalue weighted by atomic mass is 10.1. The summed E-state index contributed by atoms with van der Waals surface area (Å²) < 4.78 is 21.3. The van der Waals surface area contributed by atoms with Crippen molar-refractivity contribution in [3.8, 4) is 0 Å². The van der Waals surface area contributed by atoms with E-state index in [1.807, 2.05) is 0 Å². The average Bonchev–Trinajstić information content (AvgIpc) is 2.90. The monoisotopic (exact) mass is 472 g/mol. The van der Waals surface area contributed by atoms with Gasteiger partial charge in [-0.1, -0.05) is 54.6 Å². The van der Waals surface area contributed by atoms with Crippen molar-refractivity contribution in [1.82, 2.24) is 0 Å². The molecule has 8 nitrogen and oxygen atoms in total. The normalized spacial score (nSPS) is 16.9. The number of ether oxygens (including phenoxy) is 4. The molecule has 0 saturated heterocycles. The molecule has 0 saturated carbocycles. The highest BCUT2D eigenvalue weighted by atomic mass is 16.6. The maximum atomic E-state index is 12.6. The molecule has 1 aliphatic rings. The van der Waals surface area contributed by atoms with Gasteiger partial charge in [-0.25, -0.2) is 19.2 Å². The van der Waals surface area contributed by atoms with Crippen LogP contribution in [0.3, 0.4) is 0 Å². The van der Waals surface area contributed by atoms with Gasteiger partial charge in [-0.05, 0) is 36.4 Å². The Kier molecular flexibility index (Phi) is 7.32. The molecule has 1 aliphatic heterocycles. The SMILES string of the molecule is O=C1O[C@H](COC(=O)c2ccccc2)[C@@H](OC(=O)c2ccccc2)C=C1OC(=O)c1ccccc1. The van der Waals surface area contributed by atoms with Gasteiger partial charge in [0.05, 0.1) is 16.7 Å². The summed E-state index contributed by atoms with van der Waals surface area (Å²) in [7, 11) is 0. The second-order valence-corrected chi connectivity index (χ2v) is 7.43. The smallest absolute Gasteiger partial charge is 0.374 e. The number of hydrogen-bond acceptors (Lipinski definition) is 8. The fraction of sp³-hybridized carbons (Fsp3) is 0.111. The first-order valence-corrected chi connectivity index (χ1v) is 10.7. The molecule has 0 spiro atoms. The van der Waals surface area contributed by atoms with Gasteiger partial charge in [-0.2, -0.15) is 0 Å². The van der Waals surface area contributed by atoms with E-state index >= 15 is 0 Å². The van der Waals surface area contributed by atoms with Crippen LogP contribution >= 0.6 is 0 Å². The summed E-state index contributed by atoms with van der Waals surface area (Å²) in [5.74, 6) is -3.51. The van der Waals surface area contributed by atoms with Gasteiger partial charge in [0.15, 0.2) is 12.2 Å². The van der Waals surface area contributed by atoms with Gasteiger partial charge >= 0.3 is 23.9 Å². The van der Waals surface area contributed by atoms with E-state index in [4.69, 9.17) is 18.9 Å². The van der Waals surface area contributed by atoms with E-state index in [-0.39, 0.29) is 17.7 Å². The van der Waals surface area contributed by atoms with Crippen LogP contribution in [0.25, 0.3) is 0 Å². The van der Waals surface area contributed by atoms with Crippen LogP contribution in [0.4, 0.5) is 0 Å². The molecule has 0 fully saturated rings. The summed E-state index contributed by atoms with van der Waals surface area (Å²) in [4.78, 5) is 49.9. The minimum Gasteiger partial charge on any atom is -0.458 e. The molecule has 4 rings (SSSR count). The summed E-state index contributed by atoms with van der Waals surface area (Å²) in [6.07, 6.45) is -1.15. The molecular formula is C27H20O8. The van der Waals surface area contributed by atoms with Gasteiger partial charge in [0.2, 0.25) is 5.76 Å². The fourth-order valence-electron chi connectivity index (χ4n) is 3.22. The lowest BCUT2D eigenvalue weighted by Crippen LogP contribution is -2.42. The minimum atomic E-state index is -1.18. The molecule has 176 valence electrons. The van der Waals surface area contributed by atoms with Crippen molar-refractivity contribution >= 4 is 23.9 Å². The van der Waals surface area contributed by atoms with E-state index in [0.29, 0.717) is 5.56 Å². The standard InChI is InChI=1S/C27H20O8/c28-24(18-10-4-1-5-11-18)32-17-23-21(33-25(29)19-12-6-2-7-13-19)16-22(27(31)35-23)34-26(30)20-14-8-3-9-15-20/h1-16,21,23H,17H2/t21-,23+/m0/s1. The Hall–Kier alpha value is -4.72. The van der Waals surface area contributed by atoms with Crippen LogP contribution in [0.2, 0.25) is 0 Å². The highest BCUT2D eigenvalue weighted by molar-refractivity contribution is 5.96. The van der Waals surface area contributed by atoms with Crippen LogP contribution in [0.5, 0.6) is 0 Å². The van der Waals surface area contributed by atoms with E-state index < -0.39 is 41.8 Å². The summed E-state index contributed by atoms with van der Waals surface area (Å²) in [5, 5.41) is 0. The second kappa shape index (κ2) is 10.9. The van der Waals surface area contributed by atoms with Crippen molar-refractivity contribution in [1.29, 1.82) is 0 Å². The second-order valence-electron chi connectivity index (χ2n) is 7.43. The van der Waals surface area contributed by atoms with Crippen molar-refractivity contribution in [2.24, 2.45) is 0 Å². The van der Waals surface area contributed by atoms with E-state index in [1.54, 1.807) is 78.9 Å². The summed E-state index contributed by atoms with van der Waals surface area (Å²) in [6, 6.07) is 24.5. The van der Waals surface area contributed by atoms with Crippen LogP contribution < -0.4 is 0 Å². The third-order valence-corrected chi connectivity index (χ3v) is 4.99. The van der Waals surface area contributed by atoms with Crippen molar-refractivity contribution < 1.29 is 38.1 Å². The molecule has 1 heterocycles. The van der Waals surface area contributed by atoms with Crippen LogP contribution in [0.15, 0.2) is 103 Å².